The van der Waals surface area contributed by atoms with Crippen LogP contribution >= 0.6 is 0 Å². The van der Waals surface area contributed by atoms with E-state index in [-0.39, 0.29) is 0 Å². The SMILES string of the molecule is COc1ccc(-c2cc(=O)oc3cc(OCC=Cc4ccccc4)ccc23)cc1. The highest BCUT2D eigenvalue weighted by molar-refractivity contribution is 5.93. The molecule has 0 aliphatic heterocycles. The number of methoxy groups -OCH3 is 1. The smallest absolute Gasteiger partial charge is 0.336 e. The lowest BCUT2D eigenvalue weighted by Crippen LogP contribution is -1.99. The summed E-state index contributed by atoms with van der Waals surface area (Å²) in [6.07, 6.45) is 3.95. The summed E-state index contributed by atoms with van der Waals surface area (Å²) in [5.41, 5.74) is 2.94. The molecule has 0 spiro atoms. The van der Waals surface area contributed by atoms with E-state index in [0.717, 1.165) is 27.8 Å². The minimum atomic E-state index is -0.399. The van der Waals surface area contributed by atoms with E-state index in [1.165, 1.54) is 6.07 Å². The van der Waals surface area contributed by atoms with Crippen LogP contribution in [-0.4, -0.2) is 13.7 Å². The highest BCUT2D eigenvalue weighted by Crippen LogP contribution is 2.30. The molecule has 0 unspecified atom stereocenters. The van der Waals surface area contributed by atoms with Gasteiger partial charge < -0.3 is 13.9 Å². The maximum absolute atomic E-state index is 12.1. The van der Waals surface area contributed by atoms with Gasteiger partial charge in [0.15, 0.2) is 0 Å². The molecular formula is C25H20O4. The zero-order chi connectivity index (χ0) is 20.1. The number of fused-ring (bicyclic) bond motifs is 1. The summed E-state index contributed by atoms with van der Waals surface area (Å²) in [4.78, 5) is 12.1. The minimum absolute atomic E-state index is 0.399. The van der Waals surface area contributed by atoms with E-state index in [4.69, 9.17) is 13.9 Å². The Morgan fingerprint density at radius 3 is 2.41 bits per heavy atom. The number of ether oxygens (including phenoxy) is 2. The average Bonchev–Trinajstić information content (AvgIpc) is 2.77. The summed E-state index contributed by atoms with van der Waals surface area (Å²) >= 11 is 0. The van der Waals surface area contributed by atoms with Gasteiger partial charge in [0.1, 0.15) is 23.7 Å². The van der Waals surface area contributed by atoms with Crippen LogP contribution in [0.4, 0.5) is 0 Å². The van der Waals surface area contributed by atoms with Crippen molar-refractivity contribution < 1.29 is 13.9 Å². The fourth-order valence-electron chi connectivity index (χ4n) is 3.13. The van der Waals surface area contributed by atoms with Gasteiger partial charge in [0.2, 0.25) is 0 Å². The van der Waals surface area contributed by atoms with Crippen LogP contribution in [0.25, 0.3) is 28.2 Å². The topological polar surface area (TPSA) is 48.7 Å². The first-order valence-corrected chi connectivity index (χ1v) is 9.30. The molecule has 1 aromatic heterocycles. The summed E-state index contributed by atoms with van der Waals surface area (Å²) in [6, 6.07) is 24.7. The average molecular weight is 384 g/mol. The predicted octanol–water partition coefficient (Wildman–Crippen LogP) is 5.56. The highest BCUT2D eigenvalue weighted by Gasteiger charge is 2.09. The lowest BCUT2D eigenvalue weighted by Gasteiger charge is -2.09. The molecule has 0 aliphatic rings. The molecule has 4 aromatic rings. The molecule has 4 heteroatoms. The van der Waals surface area contributed by atoms with Crippen molar-refractivity contribution in [3.8, 4) is 22.6 Å². The molecule has 0 radical (unpaired) electrons. The van der Waals surface area contributed by atoms with E-state index in [2.05, 4.69) is 0 Å². The molecule has 3 aromatic carbocycles. The minimum Gasteiger partial charge on any atom is -0.497 e. The van der Waals surface area contributed by atoms with Gasteiger partial charge in [0, 0.05) is 17.5 Å². The molecule has 0 bridgehead atoms. The normalized spacial score (nSPS) is 11.1. The largest absolute Gasteiger partial charge is 0.497 e. The molecule has 0 atom stereocenters. The van der Waals surface area contributed by atoms with Gasteiger partial charge in [0.05, 0.1) is 7.11 Å². The summed E-state index contributed by atoms with van der Waals surface area (Å²) < 4.78 is 16.4. The second-order valence-electron chi connectivity index (χ2n) is 6.49. The lowest BCUT2D eigenvalue weighted by atomic mass is 10.0. The van der Waals surface area contributed by atoms with E-state index >= 15 is 0 Å². The Bertz CT molecular complexity index is 1190. The van der Waals surface area contributed by atoms with Crippen LogP contribution < -0.4 is 15.1 Å². The first kappa shape index (κ1) is 18.6. The van der Waals surface area contributed by atoms with E-state index in [0.29, 0.717) is 17.9 Å². The second-order valence-corrected chi connectivity index (χ2v) is 6.49. The summed E-state index contributed by atoms with van der Waals surface area (Å²) in [5, 5.41) is 0.849. The molecule has 144 valence electrons. The molecule has 0 N–H and O–H groups in total. The van der Waals surface area contributed by atoms with Crippen LogP contribution in [0.2, 0.25) is 0 Å². The van der Waals surface area contributed by atoms with E-state index < -0.39 is 5.63 Å². The van der Waals surface area contributed by atoms with Crippen LogP contribution in [-0.2, 0) is 0 Å². The van der Waals surface area contributed by atoms with Gasteiger partial charge in [-0.1, -0.05) is 48.5 Å². The fourth-order valence-corrected chi connectivity index (χ4v) is 3.13. The Balaban J connectivity index is 1.57. The van der Waals surface area contributed by atoms with Crippen LogP contribution in [0.3, 0.4) is 0 Å². The monoisotopic (exact) mass is 384 g/mol. The van der Waals surface area contributed by atoms with Crippen LogP contribution in [0.1, 0.15) is 5.56 Å². The third-order valence-corrected chi connectivity index (χ3v) is 4.57. The first-order chi connectivity index (χ1) is 14.2. The Morgan fingerprint density at radius 2 is 1.66 bits per heavy atom. The molecular weight excluding hydrogens is 364 g/mol. The van der Waals surface area contributed by atoms with Crippen molar-refractivity contribution in [3.05, 3.63) is 101 Å². The maximum atomic E-state index is 12.1. The van der Waals surface area contributed by atoms with Crippen LogP contribution in [0.15, 0.2) is 94.2 Å². The quantitative estimate of drug-likeness (QED) is 0.408. The number of hydrogen-bond donors (Lipinski definition) is 0. The van der Waals surface area contributed by atoms with Crippen molar-refractivity contribution in [2.75, 3.05) is 13.7 Å². The lowest BCUT2D eigenvalue weighted by molar-refractivity contribution is 0.363. The zero-order valence-electron chi connectivity index (χ0n) is 16.0. The van der Waals surface area contributed by atoms with Gasteiger partial charge in [-0.15, -0.1) is 0 Å². The van der Waals surface area contributed by atoms with Crippen molar-refractivity contribution in [1.29, 1.82) is 0 Å². The third kappa shape index (κ3) is 4.38. The van der Waals surface area contributed by atoms with Gasteiger partial charge in [-0.2, -0.15) is 0 Å². The maximum Gasteiger partial charge on any atom is 0.336 e. The molecule has 0 amide bonds. The molecule has 29 heavy (non-hydrogen) atoms. The van der Waals surface area contributed by atoms with Crippen molar-refractivity contribution in [3.63, 3.8) is 0 Å². The van der Waals surface area contributed by atoms with Crippen LogP contribution in [0.5, 0.6) is 11.5 Å². The third-order valence-electron chi connectivity index (χ3n) is 4.57. The summed E-state index contributed by atoms with van der Waals surface area (Å²) in [5.74, 6) is 1.41. The number of benzene rings is 3. The van der Waals surface area contributed by atoms with Gasteiger partial charge in [-0.25, -0.2) is 4.79 Å². The van der Waals surface area contributed by atoms with Gasteiger partial charge >= 0.3 is 5.63 Å². The highest BCUT2D eigenvalue weighted by atomic mass is 16.5. The molecule has 0 aliphatic carbocycles. The van der Waals surface area contributed by atoms with E-state index in [1.807, 2.05) is 78.9 Å². The second kappa shape index (κ2) is 8.48. The predicted molar refractivity (Wildman–Crippen MR) is 115 cm³/mol. The zero-order valence-corrected chi connectivity index (χ0v) is 16.0. The standard InChI is InChI=1S/C25H20O4/c1-27-20-11-9-19(10-12-20)23-17-25(26)29-24-16-21(13-14-22(23)24)28-15-5-8-18-6-3-2-4-7-18/h2-14,16-17H,15H2,1H3. The Hall–Kier alpha value is -3.79. The van der Waals surface area contributed by atoms with E-state index in [9.17, 15) is 4.79 Å². The van der Waals surface area contributed by atoms with E-state index in [1.54, 1.807) is 13.2 Å². The molecule has 0 saturated carbocycles. The summed E-state index contributed by atoms with van der Waals surface area (Å²) in [7, 11) is 1.62. The van der Waals surface area contributed by atoms with Gasteiger partial charge in [-0.3, -0.25) is 0 Å². The van der Waals surface area contributed by atoms with Crippen molar-refractivity contribution in [2.45, 2.75) is 0 Å². The van der Waals surface area contributed by atoms with Crippen LogP contribution in [0, 0.1) is 0 Å². The number of rotatable bonds is 6. The fraction of sp³-hybridized carbons (Fsp3) is 0.0800. The Kier molecular flexibility index (Phi) is 5.43. The van der Waals surface area contributed by atoms with Crippen molar-refractivity contribution in [1.82, 2.24) is 0 Å². The Labute approximate surface area is 168 Å². The van der Waals surface area contributed by atoms with Crippen molar-refractivity contribution >= 4 is 17.0 Å². The molecule has 1 heterocycles. The van der Waals surface area contributed by atoms with Gasteiger partial charge in [0.25, 0.3) is 0 Å². The molecule has 0 fully saturated rings. The molecule has 4 nitrogen and oxygen atoms in total. The summed E-state index contributed by atoms with van der Waals surface area (Å²) in [6.45, 7) is 0.419. The van der Waals surface area contributed by atoms with Crippen molar-refractivity contribution in [2.24, 2.45) is 0 Å². The first-order valence-electron chi connectivity index (χ1n) is 9.30. The Morgan fingerprint density at radius 1 is 0.897 bits per heavy atom. The number of hydrogen-bond acceptors (Lipinski definition) is 4. The van der Waals surface area contributed by atoms with Gasteiger partial charge in [-0.05, 0) is 47.0 Å². The molecule has 0 saturated heterocycles. The molecule has 4 rings (SSSR count).